The number of rotatable bonds is 3. The Labute approximate surface area is 146 Å². The summed E-state index contributed by atoms with van der Waals surface area (Å²) < 4.78 is 13.1. The lowest BCUT2D eigenvalue weighted by molar-refractivity contribution is 0.104. The molecule has 0 aliphatic heterocycles. The van der Waals surface area contributed by atoms with Crippen LogP contribution in [0.3, 0.4) is 0 Å². The molecule has 4 nitrogen and oxygen atoms in total. The molecule has 25 heavy (non-hydrogen) atoms. The number of carbonyl (C=O) groups is 1. The number of hydrogen-bond acceptors (Lipinski definition) is 5. The van der Waals surface area contributed by atoms with Gasteiger partial charge in [0, 0.05) is 17.1 Å². The van der Waals surface area contributed by atoms with Gasteiger partial charge in [-0.15, -0.1) is 11.3 Å². The van der Waals surface area contributed by atoms with E-state index in [1.165, 1.54) is 35.6 Å². The van der Waals surface area contributed by atoms with E-state index in [-0.39, 0.29) is 11.6 Å². The van der Waals surface area contributed by atoms with Gasteiger partial charge in [-0.2, -0.15) is 0 Å². The zero-order chi connectivity index (χ0) is 17.4. The smallest absolute Gasteiger partial charge is 0.205 e. The van der Waals surface area contributed by atoms with Crippen molar-refractivity contribution >= 4 is 33.0 Å². The Balaban J connectivity index is 1.79. The SMILES string of the molecule is Nc1c(C(=O)c2ccc(F)cc2)sc2nc(-c3ccccn3)ccc12. The molecule has 122 valence electrons. The fourth-order valence-electron chi connectivity index (χ4n) is 2.56. The van der Waals surface area contributed by atoms with Gasteiger partial charge in [-0.25, -0.2) is 9.37 Å². The maximum Gasteiger partial charge on any atom is 0.205 e. The van der Waals surface area contributed by atoms with E-state index in [4.69, 9.17) is 5.73 Å². The summed E-state index contributed by atoms with van der Waals surface area (Å²) in [6.45, 7) is 0. The second kappa shape index (κ2) is 6.07. The van der Waals surface area contributed by atoms with E-state index in [0.29, 0.717) is 21.0 Å². The zero-order valence-corrected chi connectivity index (χ0v) is 13.8. The predicted molar refractivity (Wildman–Crippen MR) is 97.1 cm³/mol. The summed E-state index contributed by atoms with van der Waals surface area (Å²) >= 11 is 1.23. The number of anilines is 1. The highest BCUT2D eigenvalue weighted by Crippen LogP contribution is 2.35. The predicted octanol–water partition coefficient (Wildman–Crippen LogP) is 4.31. The highest BCUT2D eigenvalue weighted by atomic mass is 32.1. The van der Waals surface area contributed by atoms with E-state index in [0.717, 1.165) is 16.8 Å². The summed E-state index contributed by atoms with van der Waals surface area (Å²) in [4.78, 5) is 22.6. The molecule has 4 aromatic rings. The first-order chi connectivity index (χ1) is 12.1. The largest absolute Gasteiger partial charge is 0.397 e. The van der Waals surface area contributed by atoms with E-state index < -0.39 is 0 Å². The fraction of sp³-hybridized carbons (Fsp3) is 0. The van der Waals surface area contributed by atoms with Crippen molar-refractivity contribution in [2.75, 3.05) is 5.73 Å². The van der Waals surface area contributed by atoms with Crippen molar-refractivity contribution in [3.05, 3.63) is 77.1 Å². The van der Waals surface area contributed by atoms with Gasteiger partial charge in [-0.3, -0.25) is 9.78 Å². The van der Waals surface area contributed by atoms with Gasteiger partial charge in [0.1, 0.15) is 15.5 Å². The Hall–Kier alpha value is -3.12. The van der Waals surface area contributed by atoms with Gasteiger partial charge in [0.2, 0.25) is 5.78 Å². The van der Waals surface area contributed by atoms with Gasteiger partial charge < -0.3 is 5.73 Å². The average Bonchev–Trinajstić information content (AvgIpc) is 2.98. The van der Waals surface area contributed by atoms with Gasteiger partial charge in [0.05, 0.1) is 17.1 Å². The van der Waals surface area contributed by atoms with Crippen LogP contribution in [0.4, 0.5) is 10.1 Å². The summed E-state index contributed by atoms with van der Waals surface area (Å²) in [5.41, 5.74) is 8.42. The Kier molecular flexibility index (Phi) is 3.74. The van der Waals surface area contributed by atoms with E-state index >= 15 is 0 Å². The van der Waals surface area contributed by atoms with E-state index in [2.05, 4.69) is 9.97 Å². The molecule has 0 bridgehead atoms. The van der Waals surface area contributed by atoms with Gasteiger partial charge in [0.15, 0.2) is 0 Å². The summed E-state index contributed by atoms with van der Waals surface area (Å²) in [5.74, 6) is -0.623. The number of aromatic nitrogens is 2. The fourth-order valence-corrected chi connectivity index (χ4v) is 3.61. The lowest BCUT2D eigenvalue weighted by Crippen LogP contribution is -2.01. The zero-order valence-electron chi connectivity index (χ0n) is 12.9. The quantitative estimate of drug-likeness (QED) is 0.560. The molecule has 4 rings (SSSR count). The standard InChI is InChI=1S/C19H12FN3OS/c20-12-6-4-11(5-7-12)17(24)18-16(21)13-8-9-15(23-19(13)25-18)14-3-1-2-10-22-14/h1-10H,21H2. The molecule has 3 heterocycles. The van der Waals surface area contributed by atoms with Crippen molar-refractivity contribution in [1.82, 2.24) is 9.97 Å². The maximum absolute atomic E-state index is 13.1. The van der Waals surface area contributed by atoms with E-state index in [9.17, 15) is 9.18 Å². The third-order valence-electron chi connectivity index (χ3n) is 3.83. The third-order valence-corrected chi connectivity index (χ3v) is 4.95. The molecule has 1 aromatic carbocycles. The number of hydrogen-bond donors (Lipinski definition) is 1. The second-order valence-electron chi connectivity index (χ2n) is 5.45. The Morgan fingerprint density at radius 2 is 1.80 bits per heavy atom. The normalized spacial score (nSPS) is 10.9. The van der Waals surface area contributed by atoms with Crippen LogP contribution in [0.5, 0.6) is 0 Å². The number of nitrogens with two attached hydrogens (primary N) is 1. The lowest BCUT2D eigenvalue weighted by atomic mass is 10.1. The Bertz CT molecular complexity index is 1080. The molecule has 0 fully saturated rings. The molecule has 0 aliphatic carbocycles. The molecule has 0 aliphatic rings. The summed E-state index contributed by atoms with van der Waals surface area (Å²) in [5, 5.41) is 0.732. The van der Waals surface area contributed by atoms with Gasteiger partial charge in [-0.1, -0.05) is 6.07 Å². The van der Waals surface area contributed by atoms with E-state index in [1.807, 2.05) is 30.3 Å². The van der Waals surface area contributed by atoms with Crippen molar-refractivity contribution in [3.8, 4) is 11.4 Å². The van der Waals surface area contributed by atoms with Crippen molar-refractivity contribution in [3.63, 3.8) is 0 Å². The second-order valence-corrected chi connectivity index (χ2v) is 6.44. The van der Waals surface area contributed by atoms with Crippen LogP contribution >= 0.6 is 11.3 Å². The van der Waals surface area contributed by atoms with Crippen LogP contribution in [0.25, 0.3) is 21.6 Å². The molecule has 0 amide bonds. The van der Waals surface area contributed by atoms with Crippen molar-refractivity contribution in [2.45, 2.75) is 0 Å². The number of ketones is 1. The van der Waals surface area contributed by atoms with Crippen LogP contribution < -0.4 is 5.73 Å². The first-order valence-corrected chi connectivity index (χ1v) is 8.36. The first kappa shape index (κ1) is 15.4. The Morgan fingerprint density at radius 3 is 2.52 bits per heavy atom. The van der Waals surface area contributed by atoms with Crippen molar-refractivity contribution in [1.29, 1.82) is 0 Å². The molecule has 0 unspecified atom stereocenters. The number of nitrogen functional groups attached to an aromatic ring is 1. The van der Waals surface area contributed by atoms with Crippen LogP contribution in [0, 0.1) is 5.82 Å². The molecule has 0 radical (unpaired) electrons. The van der Waals surface area contributed by atoms with Crippen LogP contribution in [0.1, 0.15) is 15.2 Å². The molecule has 2 N–H and O–H groups in total. The highest BCUT2D eigenvalue weighted by Gasteiger charge is 2.19. The topological polar surface area (TPSA) is 68.9 Å². The monoisotopic (exact) mass is 349 g/mol. The van der Waals surface area contributed by atoms with Gasteiger partial charge >= 0.3 is 0 Å². The van der Waals surface area contributed by atoms with Gasteiger partial charge in [-0.05, 0) is 48.5 Å². The minimum Gasteiger partial charge on any atom is -0.397 e. The number of thiophene rings is 1. The van der Waals surface area contributed by atoms with Gasteiger partial charge in [0.25, 0.3) is 0 Å². The molecule has 0 saturated carbocycles. The molecule has 3 aromatic heterocycles. The summed E-state index contributed by atoms with van der Waals surface area (Å²) in [6, 6.07) is 14.7. The minimum atomic E-state index is -0.387. The average molecular weight is 349 g/mol. The minimum absolute atomic E-state index is 0.236. The van der Waals surface area contributed by atoms with E-state index in [1.54, 1.807) is 6.20 Å². The maximum atomic E-state index is 13.1. The van der Waals surface area contributed by atoms with Crippen LogP contribution in [-0.4, -0.2) is 15.8 Å². The number of benzene rings is 1. The number of nitrogens with zero attached hydrogens (tertiary/aromatic N) is 2. The Morgan fingerprint density at radius 1 is 1.00 bits per heavy atom. The summed E-state index contributed by atoms with van der Waals surface area (Å²) in [6.07, 6.45) is 1.70. The van der Waals surface area contributed by atoms with Crippen molar-refractivity contribution in [2.24, 2.45) is 0 Å². The number of carbonyl (C=O) groups excluding carboxylic acids is 1. The van der Waals surface area contributed by atoms with Crippen molar-refractivity contribution < 1.29 is 9.18 Å². The number of pyridine rings is 2. The van der Waals surface area contributed by atoms with Crippen LogP contribution in [0.15, 0.2) is 60.8 Å². The summed E-state index contributed by atoms with van der Waals surface area (Å²) in [7, 11) is 0. The molecule has 0 atom stereocenters. The molecule has 6 heteroatoms. The molecule has 0 saturated heterocycles. The highest BCUT2D eigenvalue weighted by molar-refractivity contribution is 7.21. The first-order valence-electron chi connectivity index (χ1n) is 7.54. The number of fused-ring (bicyclic) bond motifs is 1. The van der Waals surface area contributed by atoms with Crippen LogP contribution in [-0.2, 0) is 0 Å². The molecule has 0 spiro atoms. The third kappa shape index (κ3) is 2.77. The number of halogens is 1. The molecular weight excluding hydrogens is 337 g/mol. The molecular formula is C19H12FN3OS. The lowest BCUT2D eigenvalue weighted by Gasteiger charge is -2.00. The van der Waals surface area contributed by atoms with Crippen LogP contribution in [0.2, 0.25) is 0 Å².